The second-order valence-corrected chi connectivity index (χ2v) is 5.30. The van der Waals surface area contributed by atoms with E-state index >= 15 is 0 Å². The summed E-state index contributed by atoms with van der Waals surface area (Å²) in [6.45, 7) is 2.10. The number of benzene rings is 1. The molecule has 0 heterocycles. The van der Waals surface area contributed by atoms with Gasteiger partial charge in [-0.3, -0.25) is 0 Å². The maximum absolute atomic E-state index is 13.2. The van der Waals surface area contributed by atoms with Crippen LogP contribution in [0.25, 0.3) is 0 Å². The summed E-state index contributed by atoms with van der Waals surface area (Å²) in [6.07, 6.45) is 1.37. The lowest BCUT2D eigenvalue weighted by molar-refractivity contribution is -0.00510. The minimum atomic E-state index is -2.59. The Hall–Kier alpha value is -0.960. The highest BCUT2D eigenvalue weighted by Gasteiger charge is 2.42. The Bertz CT molecular complexity index is 403. The summed E-state index contributed by atoms with van der Waals surface area (Å²) in [5.74, 6) is -2.90. The molecule has 0 saturated heterocycles. The fourth-order valence-electron chi connectivity index (χ4n) is 2.75. The molecule has 18 heavy (non-hydrogen) atoms. The molecule has 0 spiro atoms. The maximum Gasteiger partial charge on any atom is 0.248 e. The van der Waals surface area contributed by atoms with Crippen LogP contribution >= 0.6 is 0 Å². The molecule has 0 aliphatic heterocycles. The zero-order valence-electron chi connectivity index (χ0n) is 10.7. The van der Waals surface area contributed by atoms with Crippen LogP contribution in [0.3, 0.4) is 0 Å². The third kappa shape index (κ3) is 3.08. The van der Waals surface area contributed by atoms with E-state index in [1.54, 1.807) is 0 Å². The fourth-order valence-corrected chi connectivity index (χ4v) is 2.75. The molecule has 0 bridgehead atoms. The van der Waals surface area contributed by atoms with Crippen LogP contribution in [0.4, 0.5) is 8.78 Å². The van der Waals surface area contributed by atoms with E-state index in [-0.39, 0.29) is 18.8 Å². The van der Waals surface area contributed by atoms with E-state index in [1.807, 2.05) is 24.3 Å². The molecule has 1 N–H and O–H groups in total. The summed E-state index contributed by atoms with van der Waals surface area (Å²) in [5, 5.41) is 10.2. The second-order valence-electron chi connectivity index (χ2n) is 5.30. The quantitative estimate of drug-likeness (QED) is 0.857. The van der Waals surface area contributed by atoms with E-state index in [4.69, 9.17) is 0 Å². The van der Waals surface area contributed by atoms with Crippen molar-refractivity contribution in [3.8, 4) is 0 Å². The van der Waals surface area contributed by atoms with Crippen LogP contribution < -0.4 is 0 Å². The molecule has 2 rings (SSSR count). The number of hydrogen-bond acceptors (Lipinski definition) is 1. The molecular formula is C15H20F2O. The molecule has 0 amide bonds. The van der Waals surface area contributed by atoms with Gasteiger partial charge in [0.2, 0.25) is 5.92 Å². The first-order valence-corrected chi connectivity index (χ1v) is 6.66. The summed E-state index contributed by atoms with van der Waals surface area (Å²) in [4.78, 5) is 0. The molecular weight excluding hydrogens is 234 g/mol. The molecule has 1 fully saturated rings. The van der Waals surface area contributed by atoms with Gasteiger partial charge in [-0.2, -0.15) is 0 Å². The topological polar surface area (TPSA) is 20.2 Å². The van der Waals surface area contributed by atoms with Gasteiger partial charge in [0.25, 0.3) is 0 Å². The molecule has 0 radical (unpaired) electrons. The number of hydrogen-bond donors (Lipinski definition) is 1. The van der Waals surface area contributed by atoms with Crippen molar-refractivity contribution in [1.82, 2.24) is 0 Å². The predicted octanol–water partition coefficient (Wildman–Crippen LogP) is 4.11. The van der Waals surface area contributed by atoms with E-state index in [0.717, 1.165) is 18.4 Å². The summed E-state index contributed by atoms with van der Waals surface area (Å²) in [7, 11) is 0. The van der Waals surface area contributed by atoms with Crippen molar-refractivity contribution in [1.29, 1.82) is 0 Å². The van der Waals surface area contributed by atoms with Crippen molar-refractivity contribution in [2.45, 2.75) is 51.1 Å². The Labute approximate surface area is 107 Å². The number of aliphatic hydroxyl groups is 1. The van der Waals surface area contributed by atoms with Crippen LogP contribution in [0.15, 0.2) is 24.3 Å². The van der Waals surface area contributed by atoms with E-state index < -0.39 is 12.0 Å². The van der Waals surface area contributed by atoms with Crippen LogP contribution in [-0.4, -0.2) is 11.0 Å². The monoisotopic (exact) mass is 254 g/mol. The second kappa shape index (κ2) is 5.35. The van der Waals surface area contributed by atoms with Gasteiger partial charge in [0.05, 0.1) is 6.10 Å². The molecule has 1 aromatic carbocycles. The highest BCUT2D eigenvalue weighted by atomic mass is 19.3. The molecule has 1 nitrogen and oxygen atoms in total. The molecule has 100 valence electrons. The van der Waals surface area contributed by atoms with E-state index in [0.29, 0.717) is 6.42 Å². The average molecular weight is 254 g/mol. The summed E-state index contributed by atoms with van der Waals surface area (Å²) in [6, 6.07) is 7.70. The lowest BCUT2D eigenvalue weighted by atomic mass is 9.93. The molecule has 1 aliphatic carbocycles. The van der Waals surface area contributed by atoms with Crippen molar-refractivity contribution in [3.63, 3.8) is 0 Å². The molecule has 2 unspecified atom stereocenters. The molecule has 3 heteroatoms. The van der Waals surface area contributed by atoms with Gasteiger partial charge in [-0.05, 0) is 29.9 Å². The van der Waals surface area contributed by atoms with E-state index in [2.05, 4.69) is 6.92 Å². The molecule has 1 aromatic rings. The van der Waals surface area contributed by atoms with E-state index in [9.17, 15) is 13.9 Å². The molecule has 1 saturated carbocycles. The molecule has 0 aromatic heterocycles. The summed E-state index contributed by atoms with van der Waals surface area (Å²) < 4.78 is 26.3. The van der Waals surface area contributed by atoms with Crippen LogP contribution in [0.1, 0.15) is 49.8 Å². The van der Waals surface area contributed by atoms with Crippen molar-refractivity contribution in [2.24, 2.45) is 5.92 Å². The Morgan fingerprint density at radius 1 is 1.44 bits per heavy atom. The minimum Gasteiger partial charge on any atom is -0.388 e. The molecule has 2 atom stereocenters. The number of alkyl halides is 2. The van der Waals surface area contributed by atoms with Gasteiger partial charge in [0, 0.05) is 12.8 Å². The van der Waals surface area contributed by atoms with Crippen LogP contribution in [0.5, 0.6) is 0 Å². The van der Waals surface area contributed by atoms with Gasteiger partial charge in [0.15, 0.2) is 0 Å². The lowest BCUT2D eigenvalue weighted by Crippen LogP contribution is -2.14. The Balaban J connectivity index is 2.09. The first kappa shape index (κ1) is 13.5. The maximum atomic E-state index is 13.2. The predicted molar refractivity (Wildman–Crippen MR) is 67.7 cm³/mol. The number of rotatable bonds is 4. The first-order chi connectivity index (χ1) is 8.52. The molecule has 1 aliphatic rings. The highest BCUT2D eigenvalue weighted by Crippen LogP contribution is 2.44. The lowest BCUT2D eigenvalue weighted by Gasteiger charge is -2.19. The van der Waals surface area contributed by atoms with Crippen LogP contribution in [-0.2, 0) is 6.42 Å². The van der Waals surface area contributed by atoms with Crippen molar-refractivity contribution >= 4 is 0 Å². The highest BCUT2D eigenvalue weighted by molar-refractivity contribution is 5.26. The average Bonchev–Trinajstić information content (AvgIpc) is 2.70. The normalized spacial score (nSPS) is 24.1. The number of halogens is 2. The van der Waals surface area contributed by atoms with E-state index in [1.165, 1.54) is 5.56 Å². The number of aryl methyl sites for hydroxylation is 1. The SMILES string of the molecule is CCCc1cccc(C(O)C2CCC(F)(F)C2)c1. The Morgan fingerprint density at radius 2 is 2.22 bits per heavy atom. The Kier molecular flexibility index (Phi) is 4.00. The zero-order chi connectivity index (χ0) is 13.2. The third-order valence-electron chi connectivity index (χ3n) is 3.72. The summed E-state index contributed by atoms with van der Waals surface area (Å²) >= 11 is 0. The van der Waals surface area contributed by atoms with Gasteiger partial charge >= 0.3 is 0 Å². The zero-order valence-corrected chi connectivity index (χ0v) is 10.7. The largest absolute Gasteiger partial charge is 0.388 e. The van der Waals surface area contributed by atoms with Gasteiger partial charge in [-0.1, -0.05) is 37.6 Å². The first-order valence-electron chi connectivity index (χ1n) is 6.66. The standard InChI is InChI=1S/C15H20F2O/c1-2-4-11-5-3-6-12(9-11)14(18)13-7-8-15(16,17)10-13/h3,5-6,9,13-14,18H,2,4,7-8,10H2,1H3. The number of aliphatic hydroxyl groups excluding tert-OH is 1. The van der Waals surface area contributed by atoms with Crippen LogP contribution in [0, 0.1) is 5.92 Å². The third-order valence-corrected chi connectivity index (χ3v) is 3.72. The minimum absolute atomic E-state index is 0.0939. The van der Waals surface area contributed by atoms with Gasteiger partial charge in [0.1, 0.15) is 0 Å². The Morgan fingerprint density at radius 3 is 2.83 bits per heavy atom. The van der Waals surface area contributed by atoms with Gasteiger partial charge in [-0.15, -0.1) is 0 Å². The summed E-state index contributed by atoms with van der Waals surface area (Å²) in [5.41, 5.74) is 1.95. The van der Waals surface area contributed by atoms with Gasteiger partial charge in [-0.25, -0.2) is 8.78 Å². The van der Waals surface area contributed by atoms with Crippen molar-refractivity contribution in [2.75, 3.05) is 0 Å². The van der Waals surface area contributed by atoms with Crippen molar-refractivity contribution < 1.29 is 13.9 Å². The van der Waals surface area contributed by atoms with Crippen LogP contribution in [0.2, 0.25) is 0 Å². The van der Waals surface area contributed by atoms with Crippen molar-refractivity contribution in [3.05, 3.63) is 35.4 Å². The smallest absolute Gasteiger partial charge is 0.248 e. The fraction of sp³-hybridized carbons (Fsp3) is 0.600. The van der Waals surface area contributed by atoms with Gasteiger partial charge < -0.3 is 5.11 Å².